The summed E-state index contributed by atoms with van der Waals surface area (Å²) in [6.07, 6.45) is 4.26. The number of hydrogen-bond donors (Lipinski definition) is 0. The fourth-order valence-electron chi connectivity index (χ4n) is 2.54. The van der Waals surface area contributed by atoms with E-state index < -0.39 is 5.83 Å². The number of nitrogens with zero attached hydrogens (tertiary/aromatic N) is 4. The zero-order chi connectivity index (χ0) is 19.9. The van der Waals surface area contributed by atoms with E-state index in [1.54, 1.807) is 37.6 Å². The molecule has 0 aliphatic carbocycles. The number of thioether (sulfide) groups is 1. The molecular formula is C18H27FN4O2S. The molecule has 1 amide bonds. The third kappa shape index (κ3) is 5.20. The van der Waals surface area contributed by atoms with Crippen molar-refractivity contribution in [2.75, 3.05) is 30.6 Å². The largest absolute Gasteiger partial charge is 0.476 e. The van der Waals surface area contributed by atoms with Crippen LogP contribution in [0.15, 0.2) is 23.1 Å². The van der Waals surface area contributed by atoms with Crippen LogP contribution in [-0.2, 0) is 4.79 Å². The molecule has 26 heavy (non-hydrogen) atoms. The predicted octanol–water partition coefficient (Wildman–Crippen LogP) is 3.92. The van der Waals surface area contributed by atoms with Crippen molar-refractivity contribution >= 4 is 35.8 Å². The van der Waals surface area contributed by atoms with Crippen molar-refractivity contribution in [3.8, 4) is 5.88 Å². The molecule has 1 rings (SSSR count). The Hall–Kier alpha value is -2.09. The van der Waals surface area contributed by atoms with E-state index in [4.69, 9.17) is 4.74 Å². The first-order chi connectivity index (χ1) is 12.3. The van der Waals surface area contributed by atoms with E-state index in [1.165, 1.54) is 10.8 Å². The summed E-state index contributed by atoms with van der Waals surface area (Å²) < 4.78 is 21.0. The Kier molecular flexibility index (Phi) is 8.57. The Morgan fingerprint density at radius 1 is 1.58 bits per heavy atom. The third-order valence-corrected chi connectivity index (χ3v) is 4.50. The summed E-state index contributed by atoms with van der Waals surface area (Å²) in [5.74, 6) is 0.427. The zero-order valence-electron chi connectivity index (χ0n) is 16.2. The standard InChI is InChI=1S/C18H27FN4O2S/c1-8-25-18-16(22(6)17(24)12(2)11-26-7)14(4)21-23(18)13(3)9-15(19)10-20-5/h9-10,12H,5,8,11H2,1-4,6-7H3/b13-9+,15-10+. The molecule has 6 nitrogen and oxygen atoms in total. The Labute approximate surface area is 158 Å². The summed E-state index contributed by atoms with van der Waals surface area (Å²) in [6.45, 7) is 10.9. The molecular weight excluding hydrogens is 355 g/mol. The average Bonchev–Trinajstić information content (AvgIpc) is 2.90. The van der Waals surface area contributed by atoms with Crippen LogP contribution >= 0.6 is 11.8 Å². The van der Waals surface area contributed by atoms with Crippen molar-refractivity contribution in [1.82, 2.24) is 9.78 Å². The molecule has 0 fully saturated rings. The Morgan fingerprint density at radius 2 is 2.23 bits per heavy atom. The minimum atomic E-state index is -0.548. The van der Waals surface area contributed by atoms with Gasteiger partial charge in [0.2, 0.25) is 11.8 Å². The lowest BCUT2D eigenvalue weighted by Crippen LogP contribution is -2.33. The van der Waals surface area contributed by atoms with E-state index in [0.29, 0.717) is 29.6 Å². The number of aromatic nitrogens is 2. The summed E-state index contributed by atoms with van der Waals surface area (Å²) in [7, 11) is 1.71. The maximum atomic E-state index is 13.7. The van der Waals surface area contributed by atoms with Crippen LogP contribution < -0.4 is 9.64 Å². The van der Waals surface area contributed by atoms with Crippen molar-refractivity contribution in [3.05, 3.63) is 23.8 Å². The van der Waals surface area contributed by atoms with Gasteiger partial charge in [-0.1, -0.05) is 6.92 Å². The minimum Gasteiger partial charge on any atom is -0.476 e. The van der Waals surface area contributed by atoms with E-state index in [-0.39, 0.29) is 11.8 Å². The zero-order valence-corrected chi connectivity index (χ0v) is 17.1. The predicted molar refractivity (Wildman–Crippen MR) is 108 cm³/mol. The molecule has 0 radical (unpaired) electrons. The van der Waals surface area contributed by atoms with Gasteiger partial charge in [0.05, 0.1) is 18.5 Å². The highest BCUT2D eigenvalue weighted by Gasteiger charge is 2.27. The van der Waals surface area contributed by atoms with Gasteiger partial charge in [0.25, 0.3) is 0 Å². The molecule has 1 atom stereocenters. The normalized spacial score (nSPS) is 13.5. The number of carbonyl (C=O) groups excluding carboxylic acids is 1. The van der Waals surface area contributed by atoms with Gasteiger partial charge in [0.15, 0.2) is 0 Å². The first kappa shape index (κ1) is 22.0. The Morgan fingerprint density at radius 3 is 2.77 bits per heavy atom. The van der Waals surface area contributed by atoms with Crippen LogP contribution in [0.4, 0.5) is 10.1 Å². The molecule has 1 heterocycles. The second-order valence-electron chi connectivity index (χ2n) is 5.82. The van der Waals surface area contributed by atoms with E-state index in [2.05, 4.69) is 16.8 Å². The van der Waals surface area contributed by atoms with Crippen molar-refractivity contribution < 1.29 is 13.9 Å². The number of aryl methyl sites for hydroxylation is 1. The van der Waals surface area contributed by atoms with E-state index in [1.807, 2.05) is 20.1 Å². The van der Waals surface area contributed by atoms with Gasteiger partial charge in [-0.15, -0.1) is 0 Å². The second kappa shape index (κ2) is 10.2. The number of aliphatic imine (C=N–C) groups is 1. The number of carbonyl (C=O) groups is 1. The number of rotatable bonds is 9. The van der Waals surface area contributed by atoms with Crippen LogP contribution in [0.25, 0.3) is 5.70 Å². The van der Waals surface area contributed by atoms with E-state index in [0.717, 1.165) is 12.0 Å². The Bertz CT molecular complexity index is 712. The monoisotopic (exact) mass is 382 g/mol. The minimum absolute atomic E-state index is 0.0217. The fraction of sp³-hybridized carbons (Fsp3) is 0.500. The maximum absolute atomic E-state index is 13.7. The Balaban J connectivity index is 3.38. The second-order valence-corrected chi connectivity index (χ2v) is 6.73. The highest BCUT2D eigenvalue weighted by atomic mass is 32.2. The van der Waals surface area contributed by atoms with Crippen LogP contribution in [0.3, 0.4) is 0 Å². The number of anilines is 1. The van der Waals surface area contributed by atoms with Crippen molar-refractivity contribution in [3.63, 3.8) is 0 Å². The maximum Gasteiger partial charge on any atom is 0.241 e. The fourth-order valence-corrected chi connectivity index (χ4v) is 3.18. The van der Waals surface area contributed by atoms with Crippen molar-refractivity contribution in [1.29, 1.82) is 0 Å². The lowest BCUT2D eigenvalue weighted by molar-refractivity contribution is -0.121. The van der Waals surface area contributed by atoms with E-state index in [9.17, 15) is 9.18 Å². The smallest absolute Gasteiger partial charge is 0.241 e. The van der Waals surface area contributed by atoms with Crippen LogP contribution in [0, 0.1) is 12.8 Å². The number of amides is 1. The number of allylic oxidation sites excluding steroid dienone is 3. The van der Waals surface area contributed by atoms with Gasteiger partial charge in [0.1, 0.15) is 11.5 Å². The van der Waals surface area contributed by atoms with Gasteiger partial charge in [0, 0.05) is 24.4 Å². The summed E-state index contributed by atoms with van der Waals surface area (Å²) in [5.41, 5.74) is 1.71. The molecule has 0 aromatic carbocycles. The van der Waals surface area contributed by atoms with Crippen molar-refractivity contribution in [2.24, 2.45) is 10.9 Å². The quantitative estimate of drug-likeness (QED) is 0.480. The molecule has 0 aliphatic heterocycles. The van der Waals surface area contributed by atoms with Crippen LogP contribution in [0.1, 0.15) is 26.5 Å². The molecule has 8 heteroatoms. The average molecular weight is 383 g/mol. The molecule has 144 valence electrons. The van der Waals surface area contributed by atoms with Gasteiger partial charge >= 0.3 is 0 Å². The molecule has 0 saturated heterocycles. The van der Waals surface area contributed by atoms with Gasteiger partial charge in [-0.2, -0.15) is 16.9 Å². The first-order valence-electron chi connectivity index (χ1n) is 8.27. The summed E-state index contributed by atoms with van der Waals surface area (Å²) in [4.78, 5) is 17.7. The molecule has 1 aromatic rings. The molecule has 0 spiro atoms. The highest BCUT2D eigenvalue weighted by molar-refractivity contribution is 7.98. The SMILES string of the molecule is C=N/C=C(F)\C=C(/C)n1nc(C)c(N(C)C(=O)C(C)CSC)c1OCC. The van der Waals surface area contributed by atoms with Crippen LogP contribution in [-0.4, -0.2) is 48.1 Å². The number of halogens is 1. The lowest BCUT2D eigenvalue weighted by Gasteiger charge is -2.22. The first-order valence-corrected chi connectivity index (χ1v) is 9.66. The molecule has 0 N–H and O–H groups in total. The van der Waals surface area contributed by atoms with E-state index >= 15 is 0 Å². The lowest BCUT2D eigenvalue weighted by atomic mass is 10.2. The number of ether oxygens (including phenoxy) is 1. The summed E-state index contributed by atoms with van der Waals surface area (Å²) in [5, 5.41) is 4.44. The third-order valence-electron chi connectivity index (χ3n) is 3.67. The molecule has 0 aliphatic rings. The summed E-state index contributed by atoms with van der Waals surface area (Å²) in [6, 6.07) is 0. The topological polar surface area (TPSA) is 59.7 Å². The van der Waals surface area contributed by atoms with Gasteiger partial charge < -0.3 is 9.64 Å². The van der Waals surface area contributed by atoms with Gasteiger partial charge in [-0.25, -0.2) is 9.07 Å². The molecule has 0 saturated carbocycles. The van der Waals surface area contributed by atoms with Crippen LogP contribution in [0.5, 0.6) is 5.88 Å². The van der Waals surface area contributed by atoms with Crippen LogP contribution in [0.2, 0.25) is 0 Å². The van der Waals surface area contributed by atoms with Gasteiger partial charge in [-0.3, -0.25) is 9.79 Å². The summed E-state index contributed by atoms with van der Waals surface area (Å²) >= 11 is 1.62. The molecule has 0 bridgehead atoms. The molecule has 1 unspecified atom stereocenters. The molecule has 1 aromatic heterocycles. The van der Waals surface area contributed by atoms with Gasteiger partial charge in [-0.05, 0) is 39.8 Å². The highest BCUT2D eigenvalue weighted by Crippen LogP contribution is 2.34. The number of hydrogen-bond acceptors (Lipinski definition) is 5. The van der Waals surface area contributed by atoms with Crippen molar-refractivity contribution in [2.45, 2.75) is 27.7 Å².